The van der Waals surface area contributed by atoms with E-state index in [0.29, 0.717) is 0 Å². The number of rotatable bonds is 3. The maximum Gasteiger partial charge on any atom is 2.00 e. The van der Waals surface area contributed by atoms with Crippen LogP contribution in [0, 0.1) is 43.0 Å². The van der Waals surface area contributed by atoms with Gasteiger partial charge in [0, 0.05) is 0 Å². The molecule has 0 radical (unpaired) electrons. The van der Waals surface area contributed by atoms with E-state index in [1.54, 1.807) is 0 Å². The molecule has 30 heavy (non-hydrogen) atoms. The Morgan fingerprint density at radius 1 is 0.767 bits per heavy atom. The molecule has 0 fully saturated rings. The molecule has 3 rings (SSSR count). The summed E-state index contributed by atoms with van der Waals surface area (Å²) in [7, 11) is -0.508. The summed E-state index contributed by atoms with van der Waals surface area (Å²) in [6.45, 7) is 13.2. The molecule has 6 heteroatoms. The maximum atomic E-state index is 8.25. The van der Waals surface area contributed by atoms with Crippen molar-refractivity contribution in [1.29, 1.82) is 0 Å². The van der Waals surface area contributed by atoms with Crippen LogP contribution in [0.25, 0.3) is 0 Å². The average Bonchev–Trinajstić information content (AvgIpc) is 2.66. The Kier molecular flexibility index (Phi) is 13.3. The van der Waals surface area contributed by atoms with E-state index in [4.69, 9.17) is 15.3 Å². The van der Waals surface area contributed by atoms with Gasteiger partial charge in [-0.1, -0.05) is 72.8 Å². The third kappa shape index (κ3) is 8.51. The standard InChI is InChI=1S/C21H21P.C3H5.NO3.Pd/c1-16-10-4-7-13-19(16)22(20-14-8-5-11-17(20)2)21-15-9-6-12-18(21)3;1-3-2;2-1(3)4;/h4-15H,1-3H3;3H,1-2H2;;/q;2*-1;+2. The molecule has 0 saturated carbocycles. The molecule has 3 aromatic rings. The molecular weight excluding hydrogens is 488 g/mol. The van der Waals surface area contributed by atoms with E-state index in [1.165, 1.54) is 38.7 Å². The van der Waals surface area contributed by atoms with E-state index < -0.39 is 13.0 Å². The fourth-order valence-electron chi connectivity index (χ4n) is 2.83. The van der Waals surface area contributed by atoms with E-state index in [2.05, 4.69) is 107 Å². The molecule has 0 amide bonds. The van der Waals surface area contributed by atoms with Gasteiger partial charge in [0.25, 0.3) is 0 Å². The second kappa shape index (κ2) is 14.5. The van der Waals surface area contributed by atoms with Gasteiger partial charge in [-0.25, -0.2) is 19.6 Å². The summed E-state index contributed by atoms with van der Waals surface area (Å²) in [5.41, 5.74) is 4.13. The van der Waals surface area contributed by atoms with Gasteiger partial charge in [-0.05, 0) is 61.3 Å². The van der Waals surface area contributed by atoms with Crippen LogP contribution < -0.4 is 15.9 Å². The molecule has 3 aromatic carbocycles. The Balaban J connectivity index is 0.000000925. The molecule has 0 saturated heterocycles. The number of hydrogen-bond donors (Lipinski definition) is 0. The second-order valence-corrected chi connectivity index (χ2v) is 8.32. The molecule has 4 nitrogen and oxygen atoms in total. The third-order valence-corrected chi connectivity index (χ3v) is 7.02. The van der Waals surface area contributed by atoms with Gasteiger partial charge in [0.1, 0.15) is 0 Å². The molecule has 0 aliphatic carbocycles. The van der Waals surface area contributed by atoms with Gasteiger partial charge >= 0.3 is 20.4 Å². The summed E-state index contributed by atoms with van der Waals surface area (Å²) in [6, 6.07) is 26.4. The van der Waals surface area contributed by atoms with Crippen molar-refractivity contribution in [1.82, 2.24) is 0 Å². The number of nitrogens with zero attached hydrogens (tertiary/aromatic N) is 1. The van der Waals surface area contributed by atoms with Crippen LogP contribution in [0.5, 0.6) is 0 Å². The number of aryl methyl sites for hydroxylation is 3. The second-order valence-electron chi connectivity index (χ2n) is 6.21. The zero-order valence-electron chi connectivity index (χ0n) is 17.4. The van der Waals surface area contributed by atoms with Crippen molar-refractivity contribution < 1.29 is 25.5 Å². The van der Waals surface area contributed by atoms with Crippen molar-refractivity contribution in [2.75, 3.05) is 0 Å². The molecule has 0 aliphatic heterocycles. The van der Waals surface area contributed by atoms with Gasteiger partial charge in [0.05, 0.1) is 5.09 Å². The van der Waals surface area contributed by atoms with Crippen LogP contribution in [0.2, 0.25) is 0 Å². The van der Waals surface area contributed by atoms with Crippen LogP contribution in [0.3, 0.4) is 0 Å². The van der Waals surface area contributed by atoms with Crippen molar-refractivity contribution in [2.24, 2.45) is 0 Å². The van der Waals surface area contributed by atoms with Crippen LogP contribution >= 0.6 is 7.92 Å². The van der Waals surface area contributed by atoms with E-state index in [9.17, 15) is 0 Å². The first-order valence-corrected chi connectivity index (χ1v) is 10.4. The Morgan fingerprint density at radius 3 is 1.17 bits per heavy atom. The molecule has 0 heterocycles. The Hall–Kier alpha value is -2.44. The summed E-state index contributed by atoms with van der Waals surface area (Å²) in [5.74, 6) is 0. The quantitative estimate of drug-likeness (QED) is 0.160. The molecule has 0 unspecified atom stereocenters. The number of benzene rings is 3. The van der Waals surface area contributed by atoms with Crippen LogP contribution in [0.15, 0.2) is 85.5 Å². The molecular formula is C24H26NO3PPd. The first kappa shape index (κ1) is 27.6. The van der Waals surface area contributed by atoms with Crippen molar-refractivity contribution in [3.05, 3.63) is 124 Å². The molecule has 0 aromatic heterocycles. The largest absolute Gasteiger partial charge is 2.00 e. The van der Waals surface area contributed by atoms with Crippen LogP contribution in [0.4, 0.5) is 0 Å². The molecule has 0 atom stereocenters. The maximum absolute atomic E-state index is 8.25. The molecule has 0 spiro atoms. The molecule has 0 aliphatic rings. The van der Waals surface area contributed by atoms with E-state index in [1.807, 2.05) is 0 Å². The van der Waals surface area contributed by atoms with Crippen LogP contribution in [-0.2, 0) is 20.4 Å². The van der Waals surface area contributed by atoms with Gasteiger partial charge in [-0.2, -0.15) is 0 Å². The molecule has 0 N–H and O–H groups in total. The van der Waals surface area contributed by atoms with Crippen LogP contribution in [-0.4, -0.2) is 5.09 Å². The zero-order chi connectivity index (χ0) is 21.8. The SMILES string of the molecule is C=C[CH2-].Cc1ccccc1P(c1ccccc1C)c1ccccc1C.O=[N+]([O-])[O-].[Pd+2]. The summed E-state index contributed by atoms with van der Waals surface area (Å²) < 4.78 is 0. The third-order valence-electron chi connectivity index (χ3n) is 4.07. The van der Waals surface area contributed by atoms with Gasteiger partial charge in [0.15, 0.2) is 0 Å². The van der Waals surface area contributed by atoms with Gasteiger partial charge in [-0.3, -0.25) is 0 Å². The van der Waals surface area contributed by atoms with Crippen molar-refractivity contribution >= 4 is 23.8 Å². The monoisotopic (exact) mass is 513 g/mol. The predicted molar refractivity (Wildman–Crippen MR) is 125 cm³/mol. The van der Waals surface area contributed by atoms with E-state index >= 15 is 0 Å². The van der Waals surface area contributed by atoms with E-state index in [-0.39, 0.29) is 20.4 Å². The summed E-state index contributed by atoms with van der Waals surface area (Å²) in [5, 5.41) is 19.1. The summed E-state index contributed by atoms with van der Waals surface area (Å²) in [6.07, 6.45) is 1.50. The fourth-order valence-corrected chi connectivity index (χ4v) is 5.60. The number of hydrogen-bond acceptors (Lipinski definition) is 3. The summed E-state index contributed by atoms with van der Waals surface area (Å²) >= 11 is 0. The minimum atomic E-state index is -1.75. The van der Waals surface area contributed by atoms with Crippen LogP contribution in [0.1, 0.15) is 16.7 Å². The number of allylic oxidation sites excluding steroid dienone is 1. The normalized spacial score (nSPS) is 9.20. The fraction of sp³-hybridized carbons (Fsp3) is 0.125. The van der Waals surface area contributed by atoms with Crippen molar-refractivity contribution in [2.45, 2.75) is 20.8 Å². The smallest absolute Gasteiger partial charge is 0.356 e. The van der Waals surface area contributed by atoms with E-state index in [0.717, 1.165) is 0 Å². The van der Waals surface area contributed by atoms with Crippen molar-refractivity contribution in [3.8, 4) is 0 Å². The Labute approximate surface area is 194 Å². The first-order valence-electron chi connectivity index (χ1n) is 9.02. The van der Waals surface area contributed by atoms with Crippen molar-refractivity contribution in [3.63, 3.8) is 0 Å². The summed E-state index contributed by atoms with van der Waals surface area (Å²) in [4.78, 5) is 8.25. The van der Waals surface area contributed by atoms with Gasteiger partial charge in [-0.15, -0.1) is 0 Å². The zero-order valence-corrected chi connectivity index (χ0v) is 19.8. The van der Waals surface area contributed by atoms with Gasteiger partial charge < -0.3 is 15.3 Å². The first-order chi connectivity index (χ1) is 13.8. The minimum absolute atomic E-state index is 0. The topological polar surface area (TPSA) is 66.2 Å². The van der Waals surface area contributed by atoms with Gasteiger partial charge in [0.2, 0.25) is 0 Å². The average molecular weight is 514 g/mol. The Bertz CT molecular complexity index is 835. The minimum Gasteiger partial charge on any atom is -0.356 e. The molecule has 160 valence electrons. The predicted octanol–water partition coefficient (Wildman–Crippen LogP) is 5.13. The Morgan fingerprint density at radius 2 is 0.967 bits per heavy atom. The molecule has 0 bridgehead atoms.